The maximum Gasteiger partial charge on any atom is 0.149 e. The molecule has 0 aliphatic heterocycles. The molecule has 2 nitrogen and oxygen atoms in total. The Morgan fingerprint density at radius 1 is 1.18 bits per heavy atom. The molecule has 100 valence electrons. The van der Waals surface area contributed by atoms with Gasteiger partial charge in [0, 0.05) is 12.0 Å². The third-order valence-corrected chi connectivity index (χ3v) is 4.03. The number of carbonyl (C=O) groups excluding carboxylic acids is 1. The predicted octanol–water partition coefficient (Wildman–Crippen LogP) is 3.50. The highest BCUT2D eigenvalue weighted by atomic mass is 16.1. The van der Waals surface area contributed by atoms with E-state index in [1.165, 1.54) is 25.7 Å². The molecule has 0 aromatic heterocycles. The van der Waals surface area contributed by atoms with Crippen molar-refractivity contribution in [2.75, 3.05) is 13.6 Å². The molecular formula is C15H29NO. The summed E-state index contributed by atoms with van der Waals surface area (Å²) in [7, 11) is 2.09. The van der Waals surface area contributed by atoms with Gasteiger partial charge in [-0.2, -0.15) is 0 Å². The lowest BCUT2D eigenvalue weighted by molar-refractivity contribution is -0.125. The zero-order valence-corrected chi connectivity index (χ0v) is 12.0. The second kappa shape index (κ2) is 7.15. The van der Waals surface area contributed by atoms with Crippen molar-refractivity contribution in [1.82, 2.24) is 4.90 Å². The van der Waals surface area contributed by atoms with Crippen molar-refractivity contribution in [3.63, 3.8) is 0 Å². The van der Waals surface area contributed by atoms with Gasteiger partial charge in [-0.25, -0.2) is 0 Å². The van der Waals surface area contributed by atoms with Crippen LogP contribution in [-0.4, -0.2) is 30.3 Å². The maximum atomic E-state index is 12.2. The van der Waals surface area contributed by atoms with Gasteiger partial charge in [-0.15, -0.1) is 0 Å². The molecule has 0 amide bonds. The average molecular weight is 239 g/mol. The summed E-state index contributed by atoms with van der Waals surface area (Å²) in [6, 6.07) is 0.516. The fourth-order valence-electron chi connectivity index (χ4n) is 2.82. The van der Waals surface area contributed by atoms with Crippen molar-refractivity contribution < 1.29 is 4.79 Å². The van der Waals surface area contributed by atoms with E-state index in [0.29, 0.717) is 30.2 Å². The van der Waals surface area contributed by atoms with Gasteiger partial charge in [-0.3, -0.25) is 9.69 Å². The molecule has 1 fully saturated rings. The number of hydrogen-bond acceptors (Lipinski definition) is 2. The van der Waals surface area contributed by atoms with Crippen LogP contribution in [0.2, 0.25) is 0 Å². The highest BCUT2D eigenvalue weighted by Gasteiger charge is 2.23. The van der Waals surface area contributed by atoms with E-state index in [2.05, 4.69) is 32.7 Å². The van der Waals surface area contributed by atoms with Gasteiger partial charge in [0.1, 0.15) is 5.78 Å². The Kier molecular flexibility index (Phi) is 6.18. The maximum absolute atomic E-state index is 12.2. The Labute approximate surface area is 107 Å². The van der Waals surface area contributed by atoms with E-state index >= 15 is 0 Å². The van der Waals surface area contributed by atoms with E-state index in [1.54, 1.807) is 0 Å². The van der Waals surface area contributed by atoms with E-state index in [4.69, 9.17) is 0 Å². The lowest BCUT2D eigenvalue weighted by Gasteiger charge is -2.28. The second-order valence-electron chi connectivity index (χ2n) is 6.19. The van der Waals surface area contributed by atoms with Crippen LogP contribution in [-0.2, 0) is 4.79 Å². The SMILES string of the molecule is CC(C)CC(C)N(C)CC(=O)C1CCCCC1. The summed E-state index contributed by atoms with van der Waals surface area (Å²) in [5, 5.41) is 0. The molecular weight excluding hydrogens is 210 g/mol. The van der Waals surface area contributed by atoms with Crippen LogP contribution in [0.4, 0.5) is 0 Å². The van der Waals surface area contributed by atoms with Gasteiger partial charge in [-0.05, 0) is 39.2 Å². The Morgan fingerprint density at radius 2 is 1.76 bits per heavy atom. The monoisotopic (exact) mass is 239 g/mol. The number of rotatable bonds is 6. The molecule has 0 saturated heterocycles. The van der Waals surface area contributed by atoms with Crippen LogP contribution < -0.4 is 0 Å². The zero-order chi connectivity index (χ0) is 12.8. The third kappa shape index (κ3) is 5.20. The number of hydrogen-bond donors (Lipinski definition) is 0. The second-order valence-corrected chi connectivity index (χ2v) is 6.19. The molecule has 1 saturated carbocycles. The van der Waals surface area contributed by atoms with Crippen LogP contribution >= 0.6 is 0 Å². The van der Waals surface area contributed by atoms with Gasteiger partial charge < -0.3 is 0 Å². The summed E-state index contributed by atoms with van der Waals surface area (Å²) in [6.45, 7) is 7.37. The number of Topliss-reactive ketones (excluding diaryl/α,β-unsaturated/α-hetero) is 1. The van der Waals surface area contributed by atoms with Crippen LogP contribution in [0.25, 0.3) is 0 Å². The molecule has 0 spiro atoms. The summed E-state index contributed by atoms with van der Waals surface area (Å²) in [6.07, 6.45) is 7.26. The van der Waals surface area contributed by atoms with Crippen LogP contribution in [0, 0.1) is 11.8 Å². The van der Waals surface area contributed by atoms with Gasteiger partial charge in [0.2, 0.25) is 0 Å². The first-order chi connectivity index (χ1) is 8.00. The summed E-state index contributed by atoms with van der Waals surface area (Å²) >= 11 is 0. The molecule has 1 aliphatic rings. The standard InChI is InChI=1S/C15H29NO/c1-12(2)10-13(3)16(4)11-15(17)14-8-6-5-7-9-14/h12-14H,5-11H2,1-4H3. The highest BCUT2D eigenvalue weighted by Crippen LogP contribution is 2.24. The van der Waals surface area contributed by atoms with Gasteiger partial charge in [0.25, 0.3) is 0 Å². The largest absolute Gasteiger partial charge is 0.298 e. The first kappa shape index (κ1) is 14.7. The van der Waals surface area contributed by atoms with Gasteiger partial charge in [0.15, 0.2) is 0 Å². The summed E-state index contributed by atoms with van der Waals surface area (Å²) in [5.41, 5.74) is 0. The zero-order valence-electron chi connectivity index (χ0n) is 12.0. The Bertz CT molecular complexity index is 231. The summed E-state index contributed by atoms with van der Waals surface area (Å²) in [5.74, 6) is 1.54. The molecule has 0 radical (unpaired) electrons. The van der Waals surface area contributed by atoms with Crippen molar-refractivity contribution in [2.45, 2.75) is 65.3 Å². The number of ketones is 1. The van der Waals surface area contributed by atoms with E-state index in [0.717, 1.165) is 12.8 Å². The lowest BCUT2D eigenvalue weighted by Crippen LogP contribution is -2.37. The molecule has 17 heavy (non-hydrogen) atoms. The van der Waals surface area contributed by atoms with E-state index < -0.39 is 0 Å². The fourth-order valence-corrected chi connectivity index (χ4v) is 2.82. The van der Waals surface area contributed by atoms with Gasteiger partial charge in [0.05, 0.1) is 6.54 Å². The third-order valence-electron chi connectivity index (χ3n) is 4.03. The molecule has 1 atom stereocenters. The fraction of sp³-hybridized carbons (Fsp3) is 0.933. The van der Waals surface area contributed by atoms with Crippen molar-refractivity contribution in [3.05, 3.63) is 0 Å². The molecule has 0 bridgehead atoms. The number of likely N-dealkylation sites (N-methyl/N-ethyl adjacent to an activating group) is 1. The summed E-state index contributed by atoms with van der Waals surface area (Å²) in [4.78, 5) is 14.4. The van der Waals surface area contributed by atoms with Gasteiger partial charge in [-0.1, -0.05) is 33.1 Å². The van der Waals surface area contributed by atoms with Crippen molar-refractivity contribution in [2.24, 2.45) is 11.8 Å². The minimum atomic E-state index is 0.359. The van der Waals surface area contributed by atoms with Crippen molar-refractivity contribution in [3.8, 4) is 0 Å². The van der Waals surface area contributed by atoms with Gasteiger partial charge >= 0.3 is 0 Å². The van der Waals surface area contributed by atoms with Crippen LogP contribution in [0.3, 0.4) is 0 Å². The van der Waals surface area contributed by atoms with Crippen molar-refractivity contribution >= 4 is 5.78 Å². The average Bonchev–Trinajstić information content (AvgIpc) is 2.29. The van der Waals surface area contributed by atoms with E-state index in [1.807, 2.05) is 0 Å². The normalized spacial score (nSPS) is 19.9. The minimum Gasteiger partial charge on any atom is -0.298 e. The molecule has 1 rings (SSSR count). The van der Waals surface area contributed by atoms with Crippen LogP contribution in [0.1, 0.15) is 59.3 Å². The van der Waals surface area contributed by atoms with Crippen LogP contribution in [0.15, 0.2) is 0 Å². The van der Waals surface area contributed by atoms with Crippen LogP contribution in [0.5, 0.6) is 0 Å². The Hall–Kier alpha value is -0.370. The topological polar surface area (TPSA) is 20.3 Å². The Balaban J connectivity index is 2.33. The van der Waals surface area contributed by atoms with E-state index in [9.17, 15) is 4.79 Å². The highest BCUT2D eigenvalue weighted by molar-refractivity contribution is 5.83. The molecule has 0 aromatic carbocycles. The first-order valence-corrected chi connectivity index (χ1v) is 7.23. The molecule has 1 aliphatic carbocycles. The molecule has 0 heterocycles. The van der Waals surface area contributed by atoms with E-state index in [-0.39, 0.29) is 0 Å². The predicted molar refractivity (Wildman–Crippen MR) is 73.1 cm³/mol. The summed E-state index contributed by atoms with van der Waals surface area (Å²) < 4.78 is 0. The smallest absolute Gasteiger partial charge is 0.149 e. The number of nitrogens with zero attached hydrogens (tertiary/aromatic N) is 1. The lowest BCUT2D eigenvalue weighted by atomic mass is 9.86. The molecule has 2 heteroatoms. The molecule has 0 aromatic rings. The Morgan fingerprint density at radius 3 is 2.29 bits per heavy atom. The molecule has 1 unspecified atom stereocenters. The number of carbonyl (C=O) groups is 1. The minimum absolute atomic E-state index is 0.359. The van der Waals surface area contributed by atoms with Crippen molar-refractivity contribution in [1.29, 1.82) is 0 Å². The molecule has 0 N–H and O–H groups in total. The first-order valence-electron chi connectivity index (χ1n) is 7.23. The quantitative estimate of drug-likeness (QED) is 0.707.